The van der Waals surface area contributed by atoms with Gasteiger partial charge in [-0.3, -0.25) is 0 Å². The van der Waals surface area contributed by atoms with E-state index in [9.17, 15) is 0 Å². The Morgan fingerprint density at radius 1 is 0.381 bits per heavy atom. The molecule has 0 fully saturated rings. The van der Waals surface area contributed by atoms with Gasteiger partial charge in [-0.1, -0.05) is 83.1 Å². The van der Waals surface area contributed by atoms with Gasteiger partial charge in [0.25, 0.3) is 0 Å². The monoisotopic (exact) mass is 384 g/mol. The molecule has 0 saturated heterocycles. The molecule has 0 nitrogen and oxygen atoms in total. The summed E-state index contributed by atoms with van der Waals surface area (Å²) >= 11 is 9.03. The summed E-state index contributed by atoms with van der Waals surface area (Å²) in [6.07, 6.45) is 0. The molecule has 21 heavy (non-hydrogen) atoms. The lowest BCUT2D eigenvalue weighted by atomic mass is 10.3. The van der Waals surface area contributed by atoms with Gasteiger partial charge >= 0.3 is 4.67 Å². The highest BCUT2D eigenvalue weighted by Crippen LogP contribution is 2.62. The molecular formula is C16H36S4Si. The third-order valence-corrected chi connectivity index (χ3v) is 24.5. The van der Waals surface area contributed by atoms with Crippen LogP contribution in [0.25, 0.3) is 0 Å². The molecule has 0 unspecified atom stereocenters. The Morgan fingerprint density at radius 3 is 0.619 bits per heavy atom. The first-order valence-corrected chi connectivity index (χ1v) is 15.8. The minimum atomic E-state index is -1.67. The van der Waals surface area contributed by atoms with Crippen molar-refractivity contribution < 1.29 is 0 Å². The largest absolute Gasteiger partial charge is 0.302 e. The van der Waals surface area contributed by atoms with Crippen LogP contribution in [-0.2, 0) is 0 Å². The summed E-state index contributed by atoms with van der Waals surface area (Å²) in [5, 5.41) is 0. The molecule has 0 spiro atoms. The van der Waals surface area contributed by atoms with Gasteiger partial charge in [0.1, 0.15) is 0 Å². The summed E-state index contributed by atoms with van der Waals surface area (Å²) in [6, 6.07) is 0. The van der Waals surface area contributed by atoms with E-state index in [4.69, 9.17) is 0 Å². The summed E-state index contributed by atoms with van der Waals surface area (Å²) in [5.41, 5.74) is 0. The zero-order valence-corrected chi connectivity index (χ0v) is 20.4. The first kappa shape index (κ1) is 22.6. The van der Waals surface area contributed by atoms with E-state index < -0.39 is 4.67 Å². The highest BCUT2D eigenvalue weighted by Gasteiger charge is 2.49. The van der Waals surface area contributed by atoms with Gasteiger partial charge in [0.05, 0.1) is 0 Å². The fourth-order valence-corrected chi connectivity index (χ4v) is 43.9. The molecule has 0 atom stereocenters. The molecule has 0 bridgehead atoms. The molecular weight excluding hydrogens is 349 g/mol. The lowest BCUT2D eigenvalue weighted by molar-refractivity contribution is 0.804. The van der Waals surface area contributed by atoms with Crippen LogP contribution >= 0.6 is 44.8 Å². The summed E-state index contributed by atoms with van der Waals surface area (Å²) in [7, 11) is 0. The van der Waals surface area contributed by atoms with E-state index in [1.165, 1.54) is 0 Å². The molecule has 0 amide bonds. The lowest BCUT2D eigenvalue weighted by Crippen LogP contribution is -2.37. The van der Waals surface area contributed by atoms with E-state index in [2.05, 4.69) is 128 Å². The molecule has 128 valence electrons. The van der Waals surface area contributed by atoms with E-state index in [0.717, 1.165) is 0 Å². The Morgan fingerprint density at radius 2 is 0.524 bits per heavy atom. The van der Waals surface area contributed by atoms with Gasteiger partial charge in [-0.25, -0.2) is 0 Å². The molecule has 0 aliphatic rings. The van der Waals surface area contributed by atoms with Gasteiger partial charge in [-0.15, -0.1) is 44.8 Å². The van der Waals surface area contributed by atoms with E-state index in [1.54, 1.807) is 0 Å². The maximum Gasteiger partial charge on any atom is 0.302 e. The molecule has 0 N–H and O–H groups in total. The third kappa shape index (κ3) is 12.7. The van der Waals surface area contributed by atoms with Crippen molar-refractivity contribution in [2.45, 2.75) is 102 Å². The van der Waals surface area contributed by atoms with Crippen molar-refractivity contribution >= 4 is 49.5 Å². The normalized spacial score (nSPS) is 15.4. The first-order chi connectivity index (χ1) is 8.83. The standard InChI is InChI=1S/C16H36S4Si/c1-13(2,3)17-21(18-14(4,5)6,19-15(7,8)9)20-16(10,11)12/h1-12H3. The van der Waals surface area contributed by atoms with Gasteiger partial charge in [-0.2, -0.15) is 0 Å². The van der Waals surface area contributed by atoms with Crippen molar-refractivity contribution in [2.75, 3.05) is 0 Å². The van der Waals surface area contributed by atoms with Crippen LogP contribution < -0.4 is 0 Å². The van der Waals surface area contributed by atoms with Crippen LogP contribution in [0.5, 0.6) is 0 Å². The van der Waals surface area contributed by atoms with Crippen molar-refractivity contribution in [3.8, 4) is 0 Å². The predicted molar refractivity (Wildman–Crippen MR) is 115 cm³/mol. The van der Waals surface area contributed by atoms with Gasteiger partial charge in [-0.05, 0) is 0 Å². The zero-order chi connectivity index (χ0) is 17.3. The van der Waals surface area contributed by atoms with Crippen LogP contribution in [0.1, 0.15) is 83.1 Å². The summed E-state index contributed by atoms with van der Waals surface area (Å²) in [6.45, 7) is 28.4. The third-order valence-electron chi connectivity index (χ3n) is 1.72. The smallest absolute Gasteiger partial charge is 0.146 e. The quantitative estimate of drug-likeness (QED) is 0.458. The van der Waals surface area contributed by atoms with Crippen LogP contribution in [-0.4, -0.2) is 23.7 Å². The Hall–Kier alpha value is 1.62. The van der Waals surface area contributed by atoms with Crippen molar-refractivity contribution in [2.24, 2.45) is 0 Å². The van der Waals surface area contributed by atoms with Crippen LogP contribution in [0.4, 0.5) is 0 Å². The van der Waals surface area contributed by atoms with Gasteiger partial charge in [0.15, 0.2) is 0 Å². The molecule has 0 saturated carbocycles. The van der Waals surface area contributed by atoms with E-state index in [0.29, 0.717) is 19.0 Å². The Bertz CT molecular complexity index is 257. The molecule has 0 aliphatic heterocycles. The first-order valence-electron chi connectivity index (χ1n) is 7.63. The minimum Gasteiger partial charge on any atom is -0.146 e. The Balaban J connectivity index is 5.70. The minimum absolute atomic E-state index is 0.307. The molecule has 0 radical (unpaired) electrons. The number of hydrogen-bond acceptors (Lipinski definition) is 4. The van der Waals surface area contributed by atoms with Crippen molar-refractivity contribution in [3.05, 3.63) is 0 Å². The highest BCUT2D eigenvalue weighted by molar-refractivity contribution is 9.00. The van der Waals surface area contributed by atoms with Crippen molar-refractivity contribution in [1.29, 1.82) is 0 Å². The molecule has 0 aliphatic carbocycles. The second-order valence-corrected chi connectivity index (χ2v) is 30.5. The van der Waals surface area contributed by atoms with Crippen LogP contribution in [0.15, 0.2) is 0 Å². The molecule has 5 heteroatoms. The molecule has 0 rings (SSSR count). The fraction of sp³-hybridized carbons (Fsp3) is 1.00. The van der Waals surface area contributed by atoms with Crippen molar-refractivity contribution in [3.63, 3.8) is 0 Å². The number of hydrogen-bond donors (Lipinski definition) is 0. The second kappa shape index (κ2) is 7.24. The zero-order valence-electron chi connectivity index (χ0n) is 16.1. The Labute approximate surface area is 151 Å². The predicted octanol–water partition coefficient (Wildman–Crippen LogP) is 7.55. The number of rotatable bonds is 4. The van der Waals surface area contributed by atoms with Gasteiger partial charge < -0.3 is 0 Å². The lowest BCUT2D eigenvalue weighted by Gasteiger charge is -2.44. The van der Waals surface area contributed by atoms with Gasteiger partial charge in [0, 0.05) is 19.0 Å². The molecule has 0 aromatic heterocycles. The summed E-state index contributed by atoms with van der Waals surface area (Å²) < 4.78 is -0.444. The summed E-state index contributed by atoms with van der Waals surface area (Å²) in [5.74, 6) is 0. The highest BCUT2D eigenvalue weighted by atomic mass is 32.9. The average Bonchev–Trinajstić information content (AvgIpc) is 1.83. The molecule has 0 aromatic rings. The van der Waals surface area contributed by atoms with E-state index in [-0.39, 0.29) is 0 Å². The van der Waals surface area contributed by atoms with Gasteiger partial charge in [0.2, 0.25) is 0 Å². The van der Waals surface area contributed by atoms with E-state index >= 15 is 0 Å². The maximum absolute atomic E-state index is 2.37. The van der Waals surface area contributed by atoms with Crippen LogP contribution in [0, 0.1) is 0 Å². The second-order valence-electron chi connectivity index (χ2n) is 9.36. The van der Waals surface area contributed by atoms with Crippen molar-refractivity contribution in [1.82, 2.24) is 0 Å². The topological polar surface area (TPSA) is 0 Å². The fourth-order valence-electron chi connectivity index (χ4n) is 1.63. The molecule has 0 heterocycles. The molecule has 0 aromatic carbocycles. The van der Waals surface area contributed by atoms with Crippen LogP contribution in [0.3, 0.4) is 0 Å². The average molecular weight is 385 g/mol. The SMILES string of the molecule is CC(C)(C)S[Si](SC(C)(C)C)(SC(C)(C)C)SC(C)(C)C. The maximum atomic E-state index is 2.37. The van der Waals surface area contributed by atoms with Crippen LogP contribution in [0.2, 0.25) is 0 Å². The summed E-state index contributed by atoms with van der Waals surface area (Å²) in [4.78, 5) is 0. The van der Waals surface area contributed by atoms with E-state index in [1.807, 2.05) is 0 Å². The Kier molecular flexibility index (Phi) is 7.80.